The fourth-order valence-electron chi connectivity index (χ4n) is 1.98. The number of anilines is 2. The number of sulfonamides is 1. The Kier molecular flexibility index (Phi) is 5.92. The second-order valence-corrected chi connectivity index (χ2v) is 6.87. The molecule has 0 saturated heterocycles. The van der Waals surface area contributed by atoms with E-state index in [0.717, 1.165) is 31.4 Å². The quantitative estimate of drug-likeness (QED) is 0.725. The van der Waals surface area contributed by atoms with E-state index in [4.69, 9.17) is 0 Å². The number of benzene rings is 1. The van der Waals surface area contributed by atoms with Gasteiger partial charge in [-0.1, -0.05) is 32.4 Å². The zero-order valence-corrected chi connectivity index (χ0v) is 14.2. The summed E-state index contributed by atoms with van der Waals surface area (Å²) in [6.07, 6.45) is 3.00. The van der Waals surface area contributed by atoms with Gasteiger partial charge in [0.2, 0.25) is 0 Å². The third-order valence-electron chi connectivity index (χ3n) is 3.38. The molecular weight excluding hydrogens is 312 g/mol. The minimum Gasteiger partial charge on any atom is -0.369 e. The first kappa shape index (κ1) is 17.2. The van der Waals surface area contributed by atoms with Crippen molar-refractivity contribution in [2.75, 3.05) is 16.6 Å². The number of nitrogens with zero attached hydrogens (tertiary/aromatic N) is 2. The van der Waals surface area contributed by atoms with E-state index in [1.165, 1.54) is 0 Å². The Balaban J connectivity index is 2.04. The third-order valence-corrected chi connectivity index (χ3v) is 4.75. The Hall–Kier alpha value is -2.15. The summed E-state index contributed by atoms with van der Waals surface area (Å²) in [7, 11) is -3.64. The van der Waals surface area contributed by atoms with Gasteiger partial charge >= 0.3 is 0 Å². The molecule has 0 radical (unpaired) electrons. The van der Waals surface area contributed by atoms with Crippen LogP contribution in [0.3, 0.4) is 0 Å². The lowest BCUT2D eigenvalue weighted by Gasteiger charge is -2.08. The highest BCUT2D eigenvalue weighted by Crippen LogP contribution is 2.15. The van der Waals surface area contributed by atoms with E-state index in [0.29, 0.717) is 5.82 Å². The van der Waals surface area contributed by atoms with Crippen molar-refractivity contribution < 1.29 is 8.42 Å². The predicted octanol–water partition coefficient (Wildman–Crippen LogP) is 3.05. The molecule has 0 fully saturated rings. The minimum atomic E-state index is -3.64. The standard InChI is InChI=1S/C16H22N4O2S/c1-3-5-12-17-15-10-11-16(19-18-15)20-23(21,22)14-8-6-13(4-2)7-9-14/h6-11H,3-5,12H2,1-2H3,(H,17,18)(H,19,20). The monoisotopic (exact) mass is 334 g/mol. The van der Waals surface area contributed by atoms with Crippen molar-refractivity contribution in [3.63, 3.8) is 0 Å². The van der Waals surface area contributed by atoms with Gasteiger partial charge in [0.25, 0.3) is 10.0 Å². The highest BCUT2D eigenvalue weighted by Gasteiger charge is 2.14. The zero-order chi connectivity index (χ0) is 16.7. The molecule has 0 aliphatic rings. The summed E-state index contributed by atoms with van der Waals surface area (Å²) in [6, 6.07) is 10.1. The van der Waals surface area contributed by atoms with Crippen molar-refractivity contribution >= 4 is 21.7 Å². The summed E-state index contributed by atoms with van der Waals surface area (Å²) >= 11 is 0. The molecule has 0 aliphatic carbocycles. The van der Waals surface area contributed by atoms with Crippen LogP contribution in [0.2, 0.25) is 0 Å². The first-order valence-electron chi connectivity index (χ1n) is 7.74. The molecule has 1 aromatic carbocycles. The maximum Gasteiger partial charge on any atom is 0.263 e. The lowest BCUT2D eigenvalue weighted by atomic mass is 10.2. The molecule has 0 saturated carbocycles. The van der Waals surface area contributed by atoms with Crippen molar-refractivity contribution in [1.29, 1.82) is 0 Å². The van der Waals surface area contributed by atoms with Crippen LogP contribution in [0, 0.1) is 0 Å². The van der Waals surface area contributed by atoms with E-state index in [9.17, 15) is 8.42 Å². The molecule has 0 bridgehead atoms. The number of aromatic nitrogens is 2. The van der Waals surface area contributed by atoms with Crippen LogP contribution in [0.5, 0.6) is 0 Å². The molecule has 7 heteroatoms. The van der Waals surface area contributed by atoms with E-state index in [1.54, 1.807) is 36.4 Å². The first-order valence-corrected chi connectivity index (χ1v) is 9.23. The molecule has 2 aromatic rings. The molecule has 0 spiro atoms. The van der Waals surface area contributed by atoms with Gasteiger partial charge in [-0.25, -0.2) is 8.42 Å². The average Bonchev–Trinajstić information content (AvgIpc) is 2.56. The van der Waals surface area contributed by atoms with Crippen LogP contribution >= 0.6 is 0 Å². The van der Waals surface area contributed by atoms with Crippen molar-refractivity contribution in [2.24, 2.45) is 0 Å². The van der Waals surface area contributed by atoms with Crippen LogP contribution < -0.4 is 10.0 Å². The molecule has 0 aliphatic heterocycles. The first-order chi connectivity index (χ1) is 11.0. The third kappa shape index (κ3) is 4.92. The van der Waals surface area contributed by atoms with Gasteiger partial charge in [0.15, 0.2) is 5.82 Å². The Bertz CT molecular complexity index is 713. The molecular formula is C16H22N4O2S. The summed E-state index contributed by atoms with van der Waals surface area (Å²) in [5.74, 6) is 0.833. The van der Waals surface area contributed by atoms with Gasteiger partial charge in [0.05, 0.1) is 4.90 Å². The SMILES string of the molecule is CCCCNc1ccc(NS(=O)(=O)c2ccc(CC)cc2)nn1. The summed E-state index contributed by atoms with van der Waals surface area (Å²) in [5, 5.41) is 11.0. The van der Waals surface area contributed by atoms with Crippen molar-refractivity contribution in [3.8, 4) is 0 Å². The second kappa shape index (κ2) is 7.92. The molecule has 23 heavy (non-hydrogen) atoms. The fraction of sp³-hybridized carbons (Fsp3) is 0.375. The zero-order valence-electron chi connectivity index (χ0n) is 13.4. The maximum absolute atomic E-state index is 12.3. The Morgan fingerprint density at radius 3 is 2.17 bits per heavy atom. The van der Waals surface area contributed by atoms with E-state index in [2.05, 4.69) is 27.2 Å². The van der Waals surface area contributed by atoms with Gasteiger partial charge in [-0.15, -0.1) is 10.2 Å². The summed E-state index contributed by atoms with van der Waals surface area (Å²) in [6.45, 7) is 4.95. The number of hydrogen-bond donors (Lipinski definition) is 2. The number of rotatable bonds is 8. The van der Waals surface area contributed by atoms with Gasteiger partial charge in [-0.2, -0.15) is 0 Å². The van der Waals surface area contributed by atoms with Gasteiger partial charge in [-0.05, 0) is 42.7 Å². The molecule has 0 unspecified atom stereocenters. The van der Waals surface area contributed by atoms with E-state index < -0.39 is 10.0 Å². The van der Waals surface area contributed by atoms with Crippen LogP contribution in [-0.4, -0.2) is 25.2 Å². The largest absolute Gasteiger partial charge is 0.369 e. The lowest BCUT2D eigenvalue weighted by molar-refractivity contribution is 0.601. The van der Waals surface area contributed by atoms with E-state index in [1.807, 2.05) is 6.92 Å². The highest BCUT2D eigenvalue weighted by molar-refractivity contribution is 7.92. The van der Waals surface area contributed by atoms with Crippen molar-refractivity contribution in [3.05, 3.63) is 42.0 Å². The van der Waals surface area contributed by atoms with Crippen LogP contribution in [0.1, 0.15) is 32.3 Å². The second-order valence-electron chi connectivity index (χ2n) is 5.19. The maximum atomic E-state index is 12.3. The molecule has 0 amide bonds. The van der Waals surface area contributed by atoms with E-state index >= 15 is 0 Å². The Labute approximate surface area is 137 Å². The van der Waals surface area contributed by atoms with Crippen LogP contribution in [0.25, 0.3) is 0 Å². The molecule has 1 aromatic heterocycles. The highest BCUT2D eigenvalue weighted by atomic mass is 32.2. The molecule has 124 valence electrons. The molecule has 2 N–H and O–H groups in total. The minimum absolute atomic E-state index is 0.200. The van der Waals surface area contributed by atoms with Crippen LogP contribution in [0.4, 0.5) is 11.6 Å². The average molecular weight is 334 g/mol. The Morgan fingerprint density at radius 1 is 0.957 bits per heavy atom. The summed E-state index contributed by atoms with van der Waals surface area (Å²) < 4.78 is 27.0. The topological polar surface area (TPSA) is 84.0 Å². The fourth-order valence-corrected chi connectivity index (χ4v) is 2.97. The number of hydrogen-bond acceptors (Lipinski definition) is 5. The molecule has 6 nitrogen and oxygen atoms in total. The van der Waals surface area contributed by atoms with E-state index in [-0.39, 0.29) is 10.7 Å². The van der Waals surface area contributed by atoms with Crippen molar-refractivity contribution in [1.82, 2.24) is 10.2 Å². The van der Waals surface area contributed by atoms with Gasteiger partial charge in [0.1, 0.15) is 5.82 Å². The Morgan fingerprint density at radius 2 is 1.61 bits per heavy atom. The van der Waals surface area contributed by atoms with Crippen LogP contribution in [-0.2, 0) is 16.4 Å². The number of unbranched alkanes of at least 4 members (excludes halogenated alkanes) is 1. The lowest BCUT2D eigenvalue weighted by Crippen LogP contribution is -2.14. The van der Waals surface area contributed by atoms with Crippen LogP contribution in [0.15, 0.2) is 41.3 Å². The van der Waals surface area contributed by atoms with Crippen molar-refractivity contribution in [2.45, 2.75) is 38.0 Å². The van der Waals surface area contributed by atoms with Gasteiger partial charge < -0.3 is 5.32 Å². The van der Waals surface area contributed by atoms with Gasteiger partial charge in [0, 0.05) is 6.54 Å². The smallest absolute Gasteiger partial charge is 0.263 e. The molecule has 2 rings (SSSR count). The van der Waals surface area contributed by atoms with Gasteiger partial charge in [-0.3, -0.25) is 4.72 Å². The predicted molar refractivity (Wildman–Crippen MR) is 92.1 cm³/mol. The number of nitrogens with one attached hydrogen (secondary N) is 2. The normalized spacial score (nSPS) is 11.2. The number of aryl methyl sites for hydroxylation is 1. The molecule has 0 atom stereocenters. The summed E-state index contributed by atoms with van der Waals surface area (Å²) in [5.41, 5.74) is 1.09. The molecule has 1 heterocycles. The summed E-state index contributed by atoms with van der Waals surface area (Å²) in [4.78, 5) is 0.210.